The first-order chi connectivity index (χ1) is 25.9. The highest BCUT2D eigenvalue weighted by Gasteiger charge is 2.25. The van der Waals surface area contributed by atoms with Gasteiger partial charge in [-0.15, -0.1) is 0 Å². The molecule has 10 rings (SSSR count). The normalized spacial score (nSPS) is 12.7. The summed E-state index contributed by atoms with van der Waals surface area (Å²) in [5, 5.41) is 59.7. The van der Waals surface area contributed by atoms with E-state index >= 15 is 0 Å². The number of rotatable bonds is 3. The van der Waals surface area contributed by atoms with Gasteiger partial charge in [-0.05, 0) is 96.4 Å². The first-order valence-corrected chi connectivity index (χ1v) is 17.4. The van der Waals surface area contributed by atoms with Gasteiger partial charge in [0, 0.05) is 16.3 Å². The molecule has 5 N–H and O–H groups in total. The number of phenolic OH excluding ortho intramolecular Hbond substituents is 5. The van der Waals surface area contributed by atoms with Crippen LogP contribution in [0.25, 0.3) is 93.7 Å². The number of hydrogen-bond donors (Lipinski definition) is 5. The van der Waals surface area contributed by atoms with E-state index in [1.165, 1.54) is 11.1 Å². The van der Waals surface area contributed by atoms with Crippen molar-refractivity contribution in [2.45, 2.75) is 6.42 Å². The van der Waals surface area contributed by atoms with Crippen LogP contribution in [-0.4, -0.2) is 25.5 Å². The van der Waals surface area contributed by atoms with E-state index in [4.69, 9.17) is 4.42 Å². The SMILES string of the molecule is Oc1c(O)c(O)c(-c2ccc3cc(-c4c5ccccc5c(-c5cccc6oc7c8c(ccc7c56)C=CC=CC8)c5ccccc45)ccc3c2)c(O)c1O. The summed E-state index contributed by atoms with van der Waals surface area (Å²) >= 11 is 0. The van der Waals surface area contributed by atoms with Crippen LogP contribution in [0.15, 0.2) is 138 Å². The van der Waals surface area contributed by atoms with Crippen LogP contribution >= 0.6 is 0 Å². The number of phenols is 5. The molecule has 0 fully saturated rings. The minimum Gasteiger partial charge on any atom is -0.504 e. The second-order valence-corrected chi connectivity index (χ2v) is 13.5. The lowest BCUT2D eigenvalue weighted by molar-refractivity contribution is 0.330. The maximum Gasteiger partial charge on any atom is 0.208 e. The number of fused-ring (bicyclic) bond motifs is 8. The Balaban J connectivity index is 1.20. The van der Waals surface area contributed by atoms with E-state index in [0.29, 0.717) is 5.56 Å². The first-order valence-electron chi connectivity index (χ1n) is 17.4. The Morgan fingerprint density at radius 2 is 1.06 bits per heavy atom. The van der Waals surface area contributed by atoms with E-state index in [9.17, 15) is 25.5 Å². The Kier molecular flexibility index (Phi) is 6.60. The standard InChI is InChI=1S/C47H30O6/c48-42-39(43(49)45(51)46(52)44(42)50)29-20-18-26-23-28(19-17-27(26)24-29)38-31-11-4-6-13-33(31)40(34-14-7-5-12-32(34)38)35-15-8-16-37-41(35)36-22-21-25-9-2-1-3-10-30(25)47(36)53-37/h1-9,11-24,48-52H,10H2. The molecule has 53 heavy (non-hydrogen) atoms. The van der Waals surface area contributed by atoms with Gasteiger partial charge < -0.3 is 29.9 Å². The summed E-state index contributed by atoms with van der Waals surface area (Å²) < 4.78 is 6.66. The van der Waals surface area contributed by atoms with Crippen molar-refractivity contribution in [1.82, 2.24) is 0 Å². The van der Waals surface area contributed by atoms with Crippen LogP contribution in [0.2, 0.25) is 0 Å². The van der Waals surface area contributed by atoms with Gasteiger partial charge in [0.05, 0.1) is 5.56 Å². The van der Waals surface area contributed by atoms with Crippen LogP contribution in [0.5, 0.6) is 28.7 Å². The van der Waals surface area contributed by atoms with Gasteiger partial charge in [0.2, 0.25) is 17.2 Å². The van der Waals surface area contributed by atoms with E-state index in [0.717, 1.165) is 82.9 Å². The Labute approximate surface area is 302 Å². The maximum atomic E-state index is 10.6. The fourth-order valence-electron chi connectivity index (χ4n) is 8.20. The molecule has 254 valence electrons. The lowest BCUT2D eigenvalue weighted by Crippen LogP contribution is -1.92. The van der Waals surface area contributed by atoms with Crippen LogP contribution in [0.4, 0.5) is 0 Å². The minimum atomic E-state index is -0.987. The summed E-state index contributed by atoms with van der Waals surface area (Å²) in [4.78, 5) is 0. The van der Waals surface area contributed by atoms with Crippen molar-refractivity contribution in [1.29, 1.82) is 0 Å². The van der Waals surface area contributed by atoms with Crippen molar-refractivity contribution in [2.75, 3.05) is 0 Å². The van der Waals surface area contributed by atoms with E-state index in [1.54, 1.807) is 12.1 Å². The van der Waals surface area contributed by atoms with E-state index in [1.807, 2.05) is 12.1 Å². The molecule has 0 spiro atoms. The van der Waals surface area contributed by atoms with Gasteiger partial charge in [-0.2, -0.15) is 0 Å². The summed E-state index contributed by atoms with van der Waals surface area (Å²) in [6.45, 7) is 0. The molecule has 6 heteroatoms. The fourth-order valence-corrected chi connectivity index (χ4v) is 8.20. The topological polar surface area (TPSA) is 114 Å². The van der Waals surface area contributed by atoms with Gasteiger partial charge in [0.25, 0.3) is 0 Å². The summed E-state index contributed by atoms with van der Waals surface area (Å²) in [5.41, 5.74) is 8.70. The molecule has 0 saturated heterocycles. The summed E-state index contributed by atoms with van der Waals surface area (Å²) in [6.07, 6.45) is 9.27. The number of furan rings is 1. The Morgan fingerprint density at radius 1 is 0.472 bits per heavy atom. The van der Waals surface area contributed by atoms with Crippen molar-refractivity contribution < 1.29 is 29.9 Å². The molecule has 1 aliphatic rings. The molecule has 0 amide bonds. The van der Waals surface area contributed by atoms with Crippen LogP contribution in [0.3, 0.4) is 0 Å². The molecule has 6 nitrogen and oxygen atoms in total. The largest absolute Gasteiger partial charge is 0.504 e. The Bertz CT molecular complexity index is 3000. The molecule has 0 radical (unpaired) electrons. The number of aromatic hydroxyl groups is 5. The molecular weight excluding hydrogens is 661 g/mol. The fraction of sp³-hybridized carbons (Fsp3) is 0.0213. The smallest absolute Gasteiger partial charge is 0.208 e. The summed E-state index contributed by atoms with van der Waals surface area (Å²) in [7, 11) is 0. The second-order valence-electron chi connectivity index (χ2n) is 13.5. The predicted molar refractivity (Wildman–Crippen MR) is 213 cm³/mol. The summed E-state index contributed by atoms with van der Waals surface area (Å²) in [5.74, 6) is -4.26. The third-order valence-corrected chi connectivity index (χ3v) is 10.6. The van der Waals surface area contributed by atoms with Gasteiger partial charge in [0.15, 0.2) is 11.5 Å². The Morgan fingerprint density at radius 3 is 1.70 bits per heavy atom. The van der Waals surface area contributed by atoms with E-state index < -0.39 is 28.7 Å². The van der Waals surface area contributed by atoms with Crippen LogP contribution < -0.4 is 0 Å². The van der Waals surface area contributed by atoms with Gasteiger partial charge >= 0.3 is 0 Å². The highest BCUT2D eigenvalue weighted by atomic mass is 16.4. The van der Waals surface area contributed by atoms with Crippen LogP contribution in [0.1, 0.15) is 11.1 Å². The zero-order chi connectivity index (χ0) is 36.0. The zero-order valence-corrected chi connectivity index (χ0v) is 28.1. The number of benzene rings is 8. The van der Waals surface area contributed by atoms with Gasteiger partial charge in [-0.25, -0.2) is 0 Å². The molecule has 1 aliphatic carbocycles. The van der Waals surface area contributed by atoms with Crippen molar-refractivity contribution in [2.24, 2.45) is 0 Å². The maximum absolute atomic E-state index is 10.6. The van der Waals surface area contributed by atoms with Crippen molar-refractivity contribution in [3.63, 3.8) is 0 Å². The van der Waals surface area contributed by atoms with Crippen LogP contribution in [0, 0.1) is 0 Å². The van der Waals surface area contributed by atoms with Gasteiger partial charge in [-0.3, -0.25) is 0 Å². The number of hydrogen-bond acceptors (Lipinski definition) is 6. The lowest BCUT2D eigenvalue weighted by Gasteiger charge is -2.18. The minimum absolute atomic E-state index is 0.180. The number of allylic oxidation sites excluding steroid dienone is 3. The molecule has 1 heterocycles. The highest BCUT2D eigenvalue weighted by molar-refractivity contribution is 6.26. The van der Waals surface area contributed by atoms with E-state index in [2.05, 4.69) is 115 Å². The lowest BCUT2D eigenvalue weighted by atomic mass is 9.84. The van der Waals surface area contributed by atoms with Gasteiger partial charge in [0.1, 0.15) is 11.2 Å². The Hall–Kier alpha value is -7.18. The molecule has 0 atom stereocenters. The molecular formula is C47H30O6. The third kappa shape index (κ3) is 4.45. The molecule has 0 bridgehead atoms. The van der Waals surface area contributed by atoms with Crippen LogP contribution in [-0.2, 0) is 6.42 Å². The molecule has 0 aliphatic heterocycles. The zero-order valence-electron chi connectivity index (χ0n) is 28.1. The monoisotopic (exact) mass is 690 g/mol. The van der Waals surface area contributed by atoms with E-state index in [-0.39, 0.29) is 5.56 Å². The molecule has 9 aromatic rings. The average Bonchev–Trinajstić information content (AvgIpc) is 3.41. The van der Waals surface area contributed by atoms with Crippen molar-refractivity contribution >= 4 is 60.3 Å². The van der Waals surface area contributed by atoms with Gasteiger partial charge in [-0.1, -0.05) is 115 Å². The first kappa shape index (κ1) is 30.6. The molecule has 0 saturated carbocycles. The second kappa shape index (κ2) is 11.4. The average molecular weight is 691 g/mol. The quantitative estimate of drug-likeness (QED) is 0.0716. The molecule has 0 unspecified atom stereocenters. The van der Waals surface area contributed by atoms with Crippen molar-refractivity contribution in [3.8, 4) is 62.1 Å². The molecule has 1 aromatic heterocycles. The highest BCUT2D eigenvalue weighted by Crippen LogP contribution is 2.55. The van der Waals surface area contributed by atoms with Crippen molar-refractivity contribution in [3.05, 3.63) is 145 Å². The predicted octanol–water partition coefficient (Wildman–Crippen LogP) is 11.7. The molecule has 8 aromatic carbocycles. The third-order valence-electron chi connectivity index (χ3n) is 10.6. The summed E-state index contributed by atoms with van der Waals surface area (Å²) in [6, 6.07) is 39.2.